The van der Waals surface area contributed by atoms with Crippen molar-refractivity contribution < 1.29 is 4.79 Å². The van der Waals surface area contributed by atoms with Gasteiger partial charge >= 0.3 is 0 Å². The van der Waals surface area contributed by atoms with E-state index in [1.54, 1.807) is 4.90 Å². The highest BCUT2D eigenvalue weighted by molar-refractivity contribution is 5.94. The first kappa shape index (κ1) is 15.7. The average molecular weight is 262 g/mol. The zero-order chi connectivity index (χ0) is 14.5. The first-order valence-corrected chi connectivity index (χ1v) is 6.94. The van der Waals surface area contributed by atoms with Crippen molar-refractivity contribution in [1.29, 1.82) is 0 Å². The van der Waals surface area contributed by atoms with Gasteiger partial charge in [-0.05, 0) is 36.1 Å². The molecule has 1 amide bonds. The topological polar surface area (TPSA) is 46.3 Å². The summed E-state index contributed by atoms with van der Waals surface area (Å²) in [6.45, 7) is 7.53. The van der Waals surface area contributed by atoms with Gasteiger partial charge in [-0.2, -0.15) is 0 Å². The third-order valence-electron chi connectivity index (χ3n) is 3.30. The fourth-order valence-electron chi connectivity index (χ4n) is 2.10. The smallest absolute Gasteiger partial charge is 0.253 e. The summed E-state index contributed by atoms with van der Waals surface area (Å²) in [5.41, 5.74) is 7.69. The second-order valence-electron chi connectivity index (χ2n) is 5.98. The maximum Gasteiger partial charge on any atom is 0.253 e. The lowest BCUT2D eigenvalue weighted by atomic mass is 9.93. The van der Waals surface area contributed by atoms with Gasteiger partial charge in [-0.25, -0.2) is 0 Å². The van der Waals surface area contributed by atoms with Crippen molar-refractivity contribution >= 4 is 5.91 Å². The second kappa shape index (κ2) is 6.71. The number of carbonyl (C=O) groups is 1. The number of rotatable bonds is 6. The Morgan fingerprint density at radius 3 is 2.32 bits per heavy atom. The minimum atomic E-state index is -0.0490. The van der Waals surface area contributed by atoms with Gasteiger partial charge in [-0.1, -0.05) is 39.3 Å². The van der Waals surface area contributed by atoms with Crippen molar-refractivity contribution in [2.45, 2.75) is 33.6 Å². The van der Waals surface area contributed by atoms with Crippen LogP contribution in [0.5, 0.6) is 0 Å². The van der Waals surface area contributed by atoms with Crippen molar-refractivity contribution in [2.75, 3.05) is 20.1 Å². The van der Waals surface area contributed by atoms with Crippen molar-refractivity contribution in [1.82, 2.24) is 4.90 Å². The van der Waals surface area contributed by atoms with Gasteiger partial charge in [0.15, 0.2) is 0 Å². The molecular formula is C16H26N2O. The summed E-state index contributed by atoms with van der Waals surface area (Å²) >= 11 is 0. The van der Waals surface area contributed by atoms with Crippen LogP contribution in [-0.4, -0.2) is 30.9 Å². The van der Waals surface area contributed by atoms with E-state index in [2.05, 4.69) is 20.8 Å². The lowest BCUT2D eigenvalue weighted by Crippen LogP contribution is -2.39. The van der Waals surface area contributed by atoms with Crippen molar-refractivity contribution in [3.05, 3.63) is 35.4 Å². The third kappa shape index (κ3) is 4.67. The Hall–Kier alpha value is -1.35. The molecule has 0 fully saturated rings. The molecule has 19 heavy (non-hydrogen) atoms. The third-order valence-corrected chi connectivity index (χ3v) is 3.30. The van der Waals surface area contributed by atoms with Gasteiger partial charge < -0.3 is 10.6 Å². The standard InChI is InChI=1S/C16H26N2O/c1-5-6-13-7-9-14(10-8-13)15(19)18(4)12-16(2,3)11-17/h7-10H,5-6,11-12,17H2,1-4H3. The van der Waals surface area contributed by atoms with Crippen LogP contribution in [0.3, 0.4) is 0 Å². The van der Waals surface area contributed by atoms with E-state index in [9.17, 15) is 4.79 Å². The maximum absolute atomic E-state index is 12.3. The molecule has 2 N–H and O–H groups in total. The molecule has 3 nitrogen and oxygen atoms in total. The zero-order valence-electron chi connectivity index (χ0n) is 12.6. The number of hydrogen-bond acceptors (Lipinski definition) is 2. The molecule has 0 unspecified atom stereocenters. The predicted molar refractivity (Wildman–Crippen MR) is 80.2 cm³/mol. The molecule has 0 aromatic heterocycles. The molecule has 3 heteroatoms. The molecule has 1 aromatic carbocycles. The van der Waals surface area contributed by atoms with E-state index in [-0.39, 0.29) is 11.3 Å². The number of carbonyl (C=O) groups excluding carboxylic acids is 1. The quantitative estimate of drug-likeness (QED) is 0.856. The molecule has 1 aromatic rings. The molecule has 0 aliphatic rings. The van der Waals surface area contributed by atoms with Gasteiger partial charge in [0, 0.05) is 19.2 Å². The molecule has 0 atom stereocenters. The number of hydrogen-bond donors (Lipinski definition) is 1. The van der Waals surface area contributed by atoms with Gasteiger partial charge in [0.1, 0.15) is 0 Å². The molecule has 0 saturated carbocycles. The second-order valence-corrected chi connectivity index (χ2v) is 5.98. The SMILES string of the molecule is CCCc1ccc(C(=O)N(C)CC(C)(C)CN)cc1. The Morgan fingerprint density at radius 1 is 1.26 bits per heavy atom. The minimum absolute atomic E-state index is 0.0490. The van der Waals surface area contributed by atoms with Crippen LogP contribution >= 0.6 is 0 Å². The largest absolute Gasteiger partial charge is 0.341 e. The van der Waals surface area contributed by atoms with Crippen molar-refractivity contribution in [3.63, 3.8) is 0 Å². The minimum Gasteiger partial charge on any atom is -0.341 e. The maximum atomic E-state index is 12.3. The molecule has 0 aliphatic carbocycles. The number of amides is 1. The summed E-state index contributed by atoms with van der Waals surface area (Å²) in [7, 11) is 1.83. The van der Waals surface area contributed by atoms with Gasteiger partial charge in [-0.15, -0.1) is 0 Å². The molecule has 0 heterocycles. The summed E-state index contributed by atoms with van der Waals surface area (Å²) in [6, 6.07) is 7.91. The molecule has 0 bridgehead atoms. The van der Waals surface area contributed by atoms with Crippen molar-refractivity contribution in [3.8, 4) is 0 Å². The van der Waals surface area contributed by atoms with Crippen LogP contribution in [0.15, 0.2) is 24.3 Å². The van der Waals surface area contributed by atoms with Crippen LogP contribution in [0, 0.1) is 5.41 Å². The molecular weight excluding hydrogens is 236 g/mol. The van der Waals surface area contributed by atoms with Crippen LogP contribution in [0.4, 0.5) is 0 Å². The van der Waals surface area contributed by atoms with Crippen LogP contribution in [0.1, 0.15) is 43.1 Å². The van der Waals surface area contributed by atoms with Crippen LogP contribution in [0.2, 0.25) is 0 Å². The number of nitrogens with zero attached hydrogens (tertiary/aromatic N) is 1. The van der Waals surface area contributed by atoms with E-state index < -0.39 is 0 Å². The monoisotopic (exact) mass is 262 g/mol. The van der Waals surface area contributed by atoms with E-state index >= 15 is 0 Å². The lowest BCUT2D eigenvalue weighted by molar-refractivity contribution is 0.0740. The lowest BCUT2D eigenvalue weighted by Gasteiger charge is -2.29. The predicted octanol–water partition coefficient (Wildman–Crippen LogP) is 2.70. The fourth-order valence-corrected chi connectivity index (χ4v) is 2.10. The highest BCUT2D eigenvalue weighted by Gasteiger charge is 2.21. The molecule has 106 valence electrons. The van der Waals surface area contributed by atoms with E-state index in [1.807, 2.05) is 31.3 Å². The van der Waals surface area contributed by atoms with Gasteiger partial charge in [0.25, 0.3) is 5.91 Å². The summed E-state index contributed by atoms with van der Waals surface area (Å²) < 4.78 is 0. The van der Waals surface area contributed by atoms with Gasteiger partial charge in [0.05, 0.1) is 0 Å². The molecule has 0 saturated heterocycles. The number of benzene rings is 1. The molecule has 0 aliphatic heterocycles. The summed E-state index contributed by atoms with van der Waals surface area (Å²) in [5.74, 6) is 0.0598. The van der Waals surface area contributed by atoms with Gasteiger partial charge in [0.2, 0.25) is 0 Å². The highest BCUT2D eigenvalue weighted by Crippen LogP contribution is 2.16. The number of aryl methyl sites for hydroxylation is 1. The first-order valence-electron chi connectivity index (χ1n) is 6.94. The van der Waals surface area contributed by atoms with Crippen molar-refractivity contribution in [2.24, 2.45) is 11.1 Å². The Kier molecular flexibility index (Phi) is 5.55. The molecule has 0 radical (unpaired) electrons. The number of nitrogens with two attached hydrogens (primary N) is 1. The average Bonchev–Trinajstić information content (AvgIpc) is 2.38. The van der Waals surface area contributed by atoms with Crippen LogP contribution in [-0.2, 0) is 6.42 Å². The Balaban J connectivity index is 2.71. The highest BCUT2D eigenvalue weighted by atomic mass is 16.2. The summed E-state index contributed by atoms with van der Waals surface area (Å²) in [6.07, 6.45) is 2.18. The summed E-state index contributed by atoms with van der Waals surface area (Å²) in [5, 5.41) is 0. The zero-order valence-corrected chi connectivity index (χ0v) is 12.6. The fraction of sp³-hybridized carbons (Fsp3) is 0.562. The Bertz CT molecular complexity index is 409. The van der Waals surface area contributed by atoms with E-state index in [1.165, 1.54) is 5.56 Å². The molecule has 1 rings (SSSR count). The van der Waals surface area contributed by atoms with Gasteiger partial charge in [-0.3, -0.25) is 4.79 Å². The first-order chi connectivity index (χ1) is 8.89. The molecule has 0 spiro atoms. The Morgan fingerprint density at radius 2 is 1.84 bits per heavy atom. The van der Waals surface area contributed by atoms with E-state index in [0.29, 0.717) is 13.1 Å². The van der Waals surface area contributed by atoms with E-state index in [0.717, 1.165) is 18.4 Å². The normalized spacial score (nSPS) is 11.4. The van der Waals surface area contributed by atoms with E-state index in [4.69, 9.17) is 5.73 Å². The van der Waals surface area contributed by atoms with Crippen LogP contribution in [0.25, 0.3) is 0 Å². The van der Waals surface area contributed by atoms with Crippen LogP contribution < -0.4 is 5.73 Å². The Labute approximate surface area is 116 Å². The summed E-state index contributed by atoms with van der Waals surface area (Å²) in [4.78, 5) is 14.0.